The van der Waals surface area contributed by atoms with E-state index >= 15 is 0 Å². The number of benzene rings is 2. The standard InChI is InChI=1S/C21H23N3O5/c1-14-7-8-18-17(11-14)20(26)24(15-5-4-6-16(12-15)29-3)21(27)23(18)13-19(25)22-9-10-28-2/h4-8,11-12H,9-10,13H2,1-3H3,(H,22,25). The Balaban J connectivity index is 2.20. The number of amides is 1. The van der Waals surface area contributed by atoms with Crippen molar-refractivity contribution in [3.05, 3.63) is 68.9 Å². The van der Waals surface area contributed by atoms with E-state index in [1.165, 1.54) is 18.8 Å². The van der Waals surface area contributed by atoms with Crippen LogP contribution in [0.25, 0.3) is 16.6 Å². The van der Waals surface area contributed by atoms with Gasteiger partial charge in [0.15, 0.2) is 0 Å². The smallest absolute Gasteiger partial charge is 0.336 e. The molecule has 29 heavy (non-hydrogen) atoms. The molecule has 0 atom stereocenters. The topological polar surface area (TPSA) is 91.6 Å². The Morgan fingerprint density at radius 2 is 1.90 bits per heavy atom. The van der Waals surface area contributed by atoms with Gasteiger partial charge >= 0.3 is 5.69 Å². The molecule has 8 heteroatoms. The van der Waals surface area contributed by atoms with Crippen molar-refractivity contribution in [2.45, 2.75) is 13.5 Å². The van der Waals surface area contributed by atoms with Gasteiger partial charge in [-0.3, -0.25) is 14.2 Å². The minimum Gasteiger partial charge on any atom is -0.497 e. The molecule has 8 nitrogen and oxygen atoms in total. The van der Waals surface area contributed by atoms with Crippen LogP contribution in [0.4, 0.5) is 0 Å². The van der Waals surface area contributed by atoms with Crippen LogP contribution in [-0.2, 0) is 16.1 Å². The summed E-state index contributed by atoms with van der Waals surface area (Å²) >= 11 is 0. The van der Waals surface area contributed by atoms with Crippen molar-refractivity contribution in [3.8, 4) is 11.4 Å². The number of nitrogens with zero attached hydrogens (tertiary/aromatic N) is 2. The summed E-state index contributed by atoms with van der Waals surface area (Å²) in [5, 5.41) is 3.05. The van der Waals surface area contributed by atoms with Crippen molar-refractivity contribution >= 4 is 16.8 Å². The number of carbonyl (C=O) groups is 1. The number of ether oxygens (including phenoxy) is 2. The molecule has 1 N–H and O–H groups in total. The second-order valence-corrected chi connectivity index (χ2v) is 6.57. The van der Waals surface area contributed by atoms with Gasteiger partial charge in [-0.05, 0) is 31.2 Å². The predicted octanol–water partition coefficient (Wildman–Crippen LogP) is 1.23. The van der Waals surface area contributed by atoms with E-state index in [0.717, 1.165) is 10.1 Å². The molecule has 0 saturated carbocycles. The molecule has 0 aliphatic rings. The number of fused-ring (bicyclic) bond motifs is 1. The molecule has 0 fully saturated rings. The van der Waals surface area contributed by atoms with Crippen molar-refractivity contribution in [2.24, 2.45) is 0 Å². The second-order valence-electron chi connectivity index (χ2n) is 6.57. The second kappa shape index (κ2) is 8.74. The first-order chi connectivity index (χ1) is 14.0. The van der Waals surface area contributed by atoms with Gasteiger partial charge in [-0.25, -0.2) is 9.36 Å². The lowest BCUT2D eigenvalue weighted by atomic mass is 10.1. The van der Waals surface area contributed by atoms with E-state index in [1.807, 2.05) is 6.92 Å². The molecule has 0 radical (unpaired) electrons. The normalized spacial score (nSPS) is 10.9. The van der Waals surface area contributed by atoms with Crippen LogP contribution in [0.5, 0.6) is 5.75 Å². The summed E-state index contributed by atoms with van der Waals surface area (Å²) < 4.78 is 12.5. The Morgan fingerprint density at radius 1 is 1.10 bits per heavy atom. The highest BCUT2D eigenvalue weighted by Crippen LogP contribution is 2.16. The van der Waals surface area contributed by atoms with Crippen LogP contribution in [0.2, 0.25) is 0 Å². The van der Waals surface area contributed by atoms with Crippen LogP contribution < -0.4 is 21.3 Å². The molecule has 0 aliphatic carbocycles. The maximum atomic E-state index is 13.2. The zero-order valence-corrected chi connectivity index (χ0v) is 16.6. The average molecular weight is 397 g/mol. The maximum Gasteiger partial charge on any atom is 0.336 e. The van der Waals surface area contributed by atoms with Crippen LogP contribution in [-0.4, -0.2) is 42.4 Å². The third-order valence-corrected chi connectivity index (χ3v) is 4.54. The lowest BCUT2D eigenvalue weighted by Crippen LogP contribution is -2.42. The quantitative estimate of drug-likeness (QED) is 0.606. The Morgan fingerprint density at radius 3 is 2.62 bits per heavy atom. The van der Waals surface area contributed by atoms with E-state index in [-0.39, 0.29) is 12.5 Å². The van der Waals surface area contributed by atoms with Crippen molar-refractivity contribution in [2.75, 3.05) is 27.4 Å². The number of methoxy groups -OCH3 is 2. The molecule has 0 bridgehead atoms. The fraction of sp³-hybridized carbons (Fsp3) is 0.286. The molecule has 2 aromatic carbocycles. The SMILES string of the molecule is COCCNC(=O)Cn1c(=O)n(-c2cccc(OC)c2)c(=O)c2cc(C)ccc21. The fourth-order valence-electron chi connectivity index (χ4n) is 3.11. The molecular weight excluding hydrogens is 374 g/mol. The number of aromatic nitrogens is 2. The van der Waals surface area contributed by atoms with Crippen LogP contribution in [0.1, 0.15) is 5.56 Å². The lowest BCUT2D eigenvalue weighted by Gasteiger charge is -2.15. The summed E-state index contributed by atoms with van der Waals surface area (Å²) in [7, 11) is 3.05. The van der Waals surface area contributed by atoms with Crippen LogP contribution in [0.3, 0.4) is 0 Å². The van der Waals surface area contributed by atoms with Gasteiger partial charge in [-0.15, -0.1) is 0 Å². The summed E-state index contributed by atoms with van der Waals surface area (Å²) in [5.41, 5.74) is 0.615. The highest BCUT2D eigenvalue weighted by atomic mass is 16.5. The predicted molar refractivity (Wildman–Crippen MR) is 110 cm³/mol. The lowest BCUT2D eigenvalue weighted by molar-refractivity contribution is -0.121. The Kier molecular flexibility index (Phi) is 6.13. The Labute approximate surface area is 167 Å². The Hall–Kier alpha value is -3.39. The third kappa shape index (κ3) is 4.22. The van der Waals surface area contributed by atoms with Crippen molar-refractivity contribution < 1.29 is 14.3 Å². The highest BCUT2D eigenvalue weighted by molar-refractivity contribution is 5.82. The summed E-state index contributed by atoms with van der Waals surface area (Å²) in [6.07, 6.45) is 0. The highest BCUT2D eigenvalue weighted by Gasteiger charge is 2.17. The van der Waals surface area contributed by atoms with E-state index in [9.17, 15) is 14.4 Å². The van der Waals surface area contributed by atoms with Crippen LogP contribution in [0.15, 0.2) is 52.1 Å². The Bertz CT molecular complexity index is 1160. The molecule has 3 rings (SSSR count). The number of hydrogen-bond acceptors (Lipinski definition) is 5. The van der Waals surface area contributed by atoms with Crippen LogP contribution >= 0.6 is 0 Å². The van der Waals surface area contributed by atoms with E-state index < -0.39 is 11.2 Å². The largest absolute Gasteiger partial charge is 0.497 e. The van der Waals surface area contributed by atoms with E-state index in [2.05, 4.69) is 5.32 Å². The van der Waals surface area contributed by atoms with Gasteiger partial charge in [-0.2, -0.15) is 0 Å². The summed E-state index contributed by atoms with van der Waals surface area (Å²) in [6.45, 7) is 2.34. The maximum absolute atomic E-state index is 13.2. The number of rotatable bonds is 7. The molecular formula is C21H23N3O5. The summed E-state index contributed by atoms with van der Waals surface area (Å²) in [4.78, 5) is 38.7. The zero-order valence-electron chi connectivity index (χ0n) is 16.6. The van der Waals surface area contributed by atoms with Gasteiger partial charge in [0.1, 0.15) is 12.3 Å². The van der Waals surface area contributed by atoms with Crippen molar-refractivity contribution in [3.63, 3.8) is 0 Å². The number of carbonyl (C=O) groups excluding carboxylic acids is 1. The molecule has 0 aliphatic heterocycles. The molecule has 152 valence electrons. The molecule has 0 spiro atoms. The van der Waals surface area contributed by atoms with Gasteiger partial charge < -0.3 is 14.8 Å². The number of nitrogens with one attached hydrogen (secondary N) is 1. The molecule has 0 unspecified atom stereocenters. The first-order valence-electron chi connectivity index (χ1n) is 9.12. The first kappa shape index (κ1) is 20.3. The van der Waals surface area contributed by atoms with Gasteiger partial charge in [-0.1, -0.05) is 17.7 Å². The van der Waals surface area contributed by atoms with E-state index in [1.54, 1.807) is 42.5 Å². The number of hydrogen-bond donors (Lipinski definition) is 1. The van der Waals surface area contributed by atoms with Gasteiger partial charge in [0.25, 0.3) is 5.56 Å². The first-order valence-corrected chi connectivity index (χ1v) is 9.12. The minimum atomic E-state index is -0.596. The van der Waals surface area contributed by atoms with Gasteiger partial charge in [0, 0.05) is 19.7 Å². The molecule has 1 amide bonds. The molecule has 0 saturated heterocycles. The summed E-state index contributed by atoms with van der Waals surface area (Å²) in [6, 6.07) is 11.9. The molecule has 1 aromatic heterocycles. The molecule has 3 aromatic rings. The minimum absolute atomic E-state index is 0.216. The van der Waals surface area contributed by atoms with E-state index in [4.69, 9.17) is 9.47 Å². The van der Waals surface area contributed by atoms with Crippen LogP contribution in [0, 0.1) is 6.92 Å². The average Bonchev–Trinajstić information content (AvgIpc) is 2.72. The zero-order chi connectivity index (χ0) is 21.0. The summed E-state index contributed by atoms with van der Waals surface area (Å²) in [5.74, 6) is 0.170. The monoisotopic (exact) mass is 397 g/mol. The number of aryl methyl sites for hydroxylation is 1. The van der Waals surface area contributed by atoms with E-state index in [0.29, 0.717) is 35.5 Å². The van der Waals surface area contributed by atoms with Gasteiger partial charge in [0.2, 0.25) is 5.91 Å². The van der Waals surface area contributed by atoms with Crippen molar-refractivity contribution in [1.29, 1.82) is 0 Å². The fourth-order valence-corrected chi connectivity index (χ4v) is 3.11. The van der Waals surface area contributed by atoms with Crippen molar-refractivity contribution in [1.82, 2.24) is 14.5 Å². The van der Waals surface area contributed by atoms with Gasteiger partial charge in [0.05, 0.1) is 30.3 Å². The molecule has 1 heterocycles. The third-order valence-electron chi connectivity index (χ3n) is 4.54.